The molecule has 0 aliphatic heterocycles. The molecule has 0 bridgehead atoms. The summed E-state index contributed by atoms with van der Waals surface area (Å²) in [5.41, 5.74) is 4.94. The summed E-state index contributed by atoms with van der Waals surface area (Å²) in [5.74, 6) is -0.248. The summed E-state index contributed by atoms with van der Waals surface area (Å²) in [6.07, 6.45) is 0.726. The fourth-order valence-electron chi connectivity index (χ4n) is 3.05. The first-order valence-electron chi connectivity index (χ1n) is 9.94. The highest BCUT2D eigenvalue weighted by molar-refractivity contribution is 6.00. The lowest BCUT2D eigenvalue weighted by Gasteiger charge is -2.08. The smallest absolute Gasteiger partial charge is 0.307 e. The van der Waals surface area contributed by atoms with Gasteiger partial charge >= 0.3 is 5.97 Å². The van der Waals surface area contributed by atoms with E-state index in [4.69, 9.17) is 14.7 Å². The molecule has 0 atom stereocenters. The van der Waals surface area contributed by atoms with E-state index in [1.165, 1.54) is 5.56 Å². The van der Waals surface area contributed by atoms with Gasteiger partial charge in [-0.1, -0.05) is 78.8 Å². The van der Waals surface area contributed by atoms with Crippen LogP contribution in [0.2, 0.25) is 0 Å². The molecule has 0 aromatic heterocycles. The van der Waals surface area contributed by atoms with Gasteiger partial charge in [-0.3, -0.25) is 4.79 Å². The summed E-state index contributed by atoms with van der Waals surface area (Å²) < 4.78 is 5.63. The van der Waals surface area contributed by atoms with Gasteiger partial charge in [0.1, 0.15) is 12.4 Å². The van der Waals surface area contributed by atoms with Crippen molar-refractivity contribution in [2.24, 2.45) is 5.16 Å². The van der Waals surface area contributed by atoms with Gasteiger partial charge in [0, 0.05) is 0 Å². The van der Waals surface area contributed by atoms with Crippen molar-refractivity contribution in [1.82, 2.24) is 0 Å². The molecule has 5 heteroatoms. The third-order valence-electron chi connectivity index (χ3n) is 4.53. The van der Waals surface area contributed by atoms with E-state index in [9.17, 15) is 4.79 Å². The molecule has 0 radical (unpaired) electrons. The molecular formula is C25H25NO4. The number of benzene rings is 3. The quantitative estimate of drug-likeness (QED) is 0.287. The largest absolute Gasteiger partial charge is 0.490 e. The van der Waals surface area contributed by atoms with E-state index in [1.807, 2.05) is 25.1 Å². The van der Waals surface area contributed by atoms with Crippen molar-refractivity contribution in [3.63, 3.8) is 0 Å². The van der Waals surface area contributed by atoms with Gasteiger partial charge in [0.25, 0.3) is 0 Å². The van der Waals surface area contributed by atoms with Crippen molar-refractivity contribution in [3.05, 3.63) is 90.0 Å². The first kappa shape index (κ1) is 21.1. The second-order valence-corrected chi connectivity index (χ2v) is 6.73. The molecule has 0 unspecified atom stereocenters. The fourth-order valence-corrected chi connectivity index (χ4v) is 3.05. The third kappa shape index (κ3) is 6.21. The summed E-state index contributed by atoms with van der Waals surface area (Å²) in [6, 6.07) is 25.6. The van der Waals surface area contributed by atoms with Crippen LogP contribution >= 0.6 is 0 Å². The highest BCUT2D eigenvalue weighted by atomic mass is 16.6. The van der Waals surface area contributed by atoms with E-state index in [2.05, 4.69) is 41.6 Å². The minimum absolute atomic E-state index is 0.0269. The number of hydrogen-bond acceptors (Lipinski definition) is 4. The van der Waals surface area contributed by atoms with Crippen molar-refractivity contribution < 1.29 is 19.5 Å². The molecule has 154 valence electrons. The lowest BCUT2D eigenvalue weighted by molar-refractivity contribution is -0.136. The molecule has 0 spiro atoms. The third-order valence-corrected chi connectivity index (χ3v) is 4.53. The molecule has 0 amide bonds. The first-order chi connectivity index (χ1) is 14.7. The number of oxime groups is 1. The molecule has 5 nitrogen and oxygen atoms in total. The number of carbonyl (C=O) groups is 1. The lowest BCUT2D eigenvalue weighted by atomic mass is 10.0. The van der Waals surface area contributed by atoms with Crippen LogP contribution in [-0.4, -0.2) is 30.0 Å². The zero-order valence-corrected chi connectivity index (χ0v) is 17.0. The second kappa shape index (κ2) is 10.8. The van der Waals surface area contributed by atoms with Crippen molar-refractivity contribution >= 4 is 11.7 Å². The molecule has 0 saturated heterocycles. The average Bonchev–Trinajstić information content (AvgIpc) is 2.77. The topological polar surface area (TPSA) is 68.1 Å². The minimum Gasteiger partial charge on any atom is -0.490 e. The predicted molar refractivity (Wildman–Crippen MR) is 118 cm³/mol. The molecule has 30 heavy (non-hydrogen) atoms. The van der Waals surface area contributed by atoms with Gasteiger partial charge in [0.15, 0.2) is 6.61 Å². The Balaban J connectivity index is 1.52. The van der Waals surface area contributed by atoms with Crippen LogP contribution in [0.25, 0.3) is 11.1 Å². The number of ether oxygens (including phenoxy) is 1. The van der Waals surface area contributed by atoms with Crippen molar-refractivity contribution in [3.8, 4) is 16.9 Å². The number of carboxylic acids is 1. The van der Waals surface area contributed by atoms with Crippen molar-refractivity contribution in [2.75, 3.05) is 13.2 Å². The number of nitrogens with zero attached hydrogens (tertiary/aromatic N) is 1. The second-order valence-electron chi connectivity index (χ2n) is 6.73. The number of rotatable bonds is 10. The molecule has 0 fully saturated rings. The zero-order valence-electron chi connectivity index (χ0n) is 17.0. The molecular weight excluding hydrogens is 378 g/mol. The Labute approximate surface area is 176 Å². The van der Waals surface area contributed by atoms with E-state index in [1.54, 1.807) is 24.3 Å². The van der Waals surface area contributed by atoms with Gasteiger partial charge in [-0.2, -0.15) is 0 Å². The Morgan fingerprint density at radius 1 is 0.900 bits per heavy atom. The summed E-state index contributed by atoms with van der Waals surface area (Å²) in [5, 5.41) is 13.1. The van der Waals surface area contributed by atoms with Crippen LogP contribution in [0.1, 0.15) is 24.5 Å². The van der Waals surface area contributed by atoms with Crippen LogP contribution in [0.5, 0.6) is 5.75 Å². The van der Waals surface area contributed by atoms with Crippen LogP contribution in [-0.2, 0) is 16.1 Å². The van der Waals surface area contributed by atoms with Gasteiger partial charge in [0.2, 0.25) is 0 Å². The normalized spacial score (nSPS) is 11.2. The predicted octanol–water partition coefficient (Wildman–Crippen LogP) is 5.19. The number of aliphatic carboxylic acids is 1. The fraction of sp³-hybridized carbons (Fsp3) is 0.200. The average molecular weight is 403 g/mol. The zero-order chi connectivity index (χ0) is 21.2. The molecule has 1 N–H and O–H groups in total. The maximum absolute atomic E-state index is 10.8. The summed E-state index contributed by atoms with van der Waals surface area (Å²) in [4.78, 5) is 16.2. The summed E-state index contributed by atoms with van der Waals surface area (Å²) in [6.45, 7) is 2.66. The SMILES string of the molecule is CC/C(=N/OCCOc1cccc(CC(=O)O)c1)c1ccc(-c2ccccc2)cc1. The van der Waals surface area contributed by atoms with Gasteiger partial charge in [-0.15, -0.1) is 0 Å². The highest BCUT2D eigenvalue weighted by Gasteiger charge is 2.05. The van der Waals surface area contributed by atoms with Crippen LogP contribution < -0.4 is 4.74 Å². The summed E-state index contributed by atoms with van der Waals surface area (Å²) in [7, 11) is 0. The Morgan fingerprint density at radius 2 is 1.63 bits per heavy atom. The first-order valence-corrected chi connectivity index (χ1v) is 9.94. The standard InChI is InChI=1S/C25H25NO4/c1-2-24(22-13-11-21(12-14-22)20-8-4-3-5-9-20)26-30-16-15-29-23-10-6-7-19(17-23)18-25(27)28/h3-14,17H,2,15-16,18H2,1H3,(H,27,28)/b26-24-. The van der Waals surface area contributed by atoms with Crippen molar-refractivity contribution in [2.45, 2.75) is 19.8 Å². The van der Waals surface area contributed by atoms with Crippen LogP contribution in [0.15, 0.2) is 84.0 Å². The Kier molecular flexibility index (Phi) is 7.61. The van der Waals surface area contributed by atoms with Gasteiger partial charge in [0.05, 0.1) is 12.1 Å². The maximum atomic E-state index is 10.8. The molecule has 0 aliphatic carbocycles. The highest BCUT2D eigenvalue weighted by Crippen LogP contribution is 2.20. The number of carboxylic acid groups (broad SMARTS) is 1. The van der Waals surface area contributed by atoms with Crippen LogP contribution in [0.3, 0.4) is 0 Å². The molecule has 0 saturated carbocycles. The molecule has 0 heterocycles. The van der Waals surface area contributed by atoms with Crippen LogP contribution in [0, 0.1) is 0 Å². The monoisotopic (exact) mass is 403 g/mol. The number of hydrogen-bond donors (Lipinski definition) is 1. The summed E-state index contributed by atoms with van der Waals surface area (Å²) >= 11 is 0. The maximum Gasteiger partial charge on any atom is 0.307 e. The lowest BCUT2D eigenvalue weighted by Crippen LogP contribution is -2.07. The van der Waals surface area contributed by atoms with E-state index in [0.717, 1.165) is 23.3 Å². The van der Waals surface area contributed by atoms with Crippen LogP contribution in [0.4, 0.5) is 0 Å². The Hall–Kier alpha value is -3.60. The Morgan fingerprint density at radius 3 is 2.33 bits per heavy atom. The molecule has 0 aliphatic rings. The Bertz CT molecular complexity index is 982. The van der Waals surface area contributed by atoms with E-state index < -0.39 is 5.97 Å². The molecule has 3 aromatic carbocycles. The van der Waals surface area contributed by atoms with Gasteiger partial charge in [-0.25, -0.2) is 0 Å². The van der Waals surface area contributed by atoms with Gasteiger partial charge < -0.3 is 14.7 Å². The molecule has 3 aromatic rings. The van der Waals surface area contributed by atoms with Gasteiger partial charge in [-0.05, 0) is 40.8 Å². The van der Waals surface area contributed by atoms with E-state index >= 15 is 0 Å². The van der Waals surface area contributed by atoms with E-state index in [-0.39, 0.29) is 6.42 Å². The molecule has 3 rings (SSSR count). The van der Waals surface area contributed by atoms with E-state index in [0.29, 0.717) is 24.5 Å². The van der Waals surface area contributed by atoms with Crippen molar-refractivity contribution in [1.29, 1.82) is 0 Å². The minimum atomic E-state index is -0.867.